The molecule has 0 aromatic heterocycles. The molecule has 240 valence electrons. The smallest absolute Gasteiger partial charge is 0.303 e. The van der Waals surface area contributed by atoms with Crippen LogP contribution in [0.2, 0.25) is 36.3 Å². The molecule has 7 heteroatoms. The minimum absolute atomic E-state index is 0.0404. The third-order valence-electron chi connectivity index (χ3n) is 10.3. The molecule has 0 saturated heterocycles. The summed E-state index contributed by atoms with van der Waals surface area (Å²) in [4.78, 5) is 10.9. The highest BCUT2D eigenvalue weighted by molar-refractivity contribution is 6.74. The second-order valence-electron chi connectivity index (χ2n) is 15.6. The summed E-state index contributed by atoms with van der Waals surface area (Å²) in [5.41, 5.74) is 1.34. The van der Waals surface area contributed by atoms with E-state index in [1.165, 1.54) is 5.56 Å². The molecule has 5 nitrogen and oxygen atoms in total. The van der Waals surface area contributed by atoms with Gasteiger partial charge in [0, 0.05) is 12.5 Å². The normalized spacial score (nSPS) is 23.0. The number of hydrogen-bond acceptors (Lipinski definition) is 4. The van der Waals surface area contributed by atoms with Gasteiger partial charge in [0.15, 0.2) is 16.6 Å². The van der Waals surface area contributed by atoms with E-state index in [9.17, 15) is 9.90 Å². The number of carboxylic acid groups (broad SMARTS) is 1. The van der Waals surface area contributed by atoms with Gasteiger partial charge in [-0.3, -0.25) is 4.79 Å². The van der Waals surface area contributed by atoms with Crippen LogP contribution >= 0.6 is 0 Å². The second-order valence-corrected chi connectivity index (χ2v) is 25.2. The maximum absolute atomic E-state index is 11.4. The highest BCUT2D eigenvalue weighted by Crippen LogP contribution is 2.46. The van der Waals surface area contributed by atoms with Crippen LogP contribution < -0.4 is 0 Å². The Hall–Kier alpha value is -1.26. The Balaban J connectivity index is 2.22. The van der Waals surface area contributed by atoms with E-state index < -0.39 is 22.6 Å². The first-order chi connectivity index (χ1) is 19.3. The summed E-state index contributed by atoms with van der Waals surface area (Å²) in [5.74, 6) is -0.342. The lowest BCUT2D eigenvalue weighted by atomic mass is 9.85. The fourth-order valence-electron chi connectivity index (χ4n) is 5.52. The van der Waals surface area contributed by atoms with Crippen molar-refractivity contribution >= 4 is 22.6 Å². The second kappa shape index (κ2) is 15.6. The SMILES string of the molecule is CC(C)(C)[Si](C)(C)O[C@@H](CCc1ccccc1)CC[C@@H]1[C@H](CC=CCCCC(=O)O)[C@@H](O[Si](C)(C)C(C)(C)C)C[C@H]1O. The molecule has 0 spiro atoms. The summed E-state index contributed by atoms with van der Waals surface area (Å²) < 4.78 is 14.0. The van der Waals surface area contributed by atoms with Gasteiger partial charge in [-0.15, -0.1) is 0 Å². The van der Waals surface area contributed by atoms with Gasteiger partial charge in [0.2, 0.25) is 0 Å². The van der Waals surface area contributed by atoms with Crippen LogP contribution in [0, 0.1) is 11.8 Å². The summed E-state index contributed by atoms with van der Waals surface area (Å²) in [6.07, 6.45) is 11.1. The fourth-order valence-corrected chi connectivity index (χ4v) is 8.33. The molecule has 0 heterocycles. The van der Waals surface area contributed by atoms with Crippen molar-refractivity contribution in [3.8, 4) is 0 Å². The number of carbonyl (C=O) groups is 1. The van der Waals surface area contributed by atoms with E-state index in [4.69, 9.17) is 14.0 Å². The Morgan fingerprint density at radius 2 is 1.57 bits per heavy atom. The van der Waals surface area contributed by atoms with Crippen LogP contribution in [0.4, 0.5) is 0 Å². The van der Waals surface area contributed by atoms with E-state index >= 15 is 0 Å². The maximum atomic E-state index is 11.4. The van der Waals surface area contributed by atoms with E-state index in [0.29, 0.717) is 12.8 Å². The van der Waals surface area contributed by atoms with Crippen molar-refractivity contribution in [3.63, 3.8) is 0 Å². The zero-order valence-electron chi connectivity index (χ0n) is 28.4. The molecule has 1 aliphatic carbocycles. The molecule has 1 saturated carbocycles. The van der Waals surface area contributed by atoms with Crippen molar-refractivity contribution in [2.75, 3.05) is 0 Å². The fraction of sp³-hybridized carbons (Fsp3) is 0.743. The van der Waals surface area contributed by atoms with Crippen molar-refractivity contribution in [1.82, 2.24) is 0 Å². The molecule has 1 aromatic rings. The lowest BCUT2D eigenvalue weighted by Crippen LogP contribution is -2.45. The first kappa shape index (κ1) is 36.9. The topological polar surface area (TPSA) is 76.0 Å². The van der Waals surface area contributed by atoms with Gasteiger partial charge < -0.3 is 19.1 Å². The van der Waals surface area contributed by atoms with Crippen molar-refractivity contribution in [3.05, 3.63) is 48.0 Å². The molecule has 1 aromatic carbocycles. The molecule has 0 amide bonds. The summed E-state index contributed by atoms with van der Waals surface area (Å²) in [6, 6.07) is 10.7. The van der Waals surface area contributed by atoms with Gasteiger partial charge in [0.05, 0.1) is 12.2 Å². The van der Waals surface area contributed by atoms with Crippen molar-refractivity contribution in [1.29, 1.82) is 0 Å². The van der Waals surface area contributed by atoms with Crippen LogP contribution in [-0.2, 0) is 20.1 Å². The van der Waals surface area contributed by atoms with Crippen molar-refractivity contribution < 1.29 is 23.9 Å². The number of aliphatic carboxylic acids is 1. The number of benzene rings is 1. The third kappa shape index (κ3) is 11.3. The average Bonchev–Trinajstić information content (AvgIpc) is 3.14. The summed E-state index contributed by atoms with van der Waals surface area (Å²) >= 11 is 0. The summed E-state index contributed by atoms with van der Waals surface area (Å²) in [5, 5.41) is 20.6. The van der Waals surface area contributed by atoms with Gasteiger partial charge in [-0.1, -0.05) is 84.0 Å². The summed E-state index contributed by atoms with van der Waals surface area (Å²) in [7, 11) is -3.97. The predicted octanol–water partition coefficient (Wildman–Crippen LogP) is 9.38. The molecular formula is C35H62O5Si2. The molecule has 0 unspecified atom stereocenters. The number of unbranched alkanes of at least 4 members (excludes halogenated alkanes) is 1. The molecule has 2 rings (SSSR count). The van der Waals surface area contributed by atoms with Crippen molar-refractivity contribution in [2.24, 2.45) is 11.8 Å². The number of aliphatic hydroxyl groups excluding tert-OH is 1. The number of rotatable bonds is 16. The molecule has 0 bridgehead atoms. The first-order valence-corrected chi connectivity index (χ1v) is 22.1. The predicted molar refractivity (Wildman–Crippen MR) is 181 cm³/mol. The van der Waals surface area contributed by atoms with Gasteiger partial charge in [0.1, 0.15) is 0 Å². The Kier molecular flexibility index (Phi) is 13.8. The molecule has 2 N–H and O–H groups in total. The van der Waals surface area contributed by atoms with E-state index in [1.54, 1.807) is 0 Å². The van der Waals surface area contributed by atoms with Crippen LogP contribution in [-0.4, -0.2) is 51.1 Å². The monoisotopic (exact) mass is 618 g/mol. The number of allylic oxidation sites excluding steroid dienone is 2. The lowest BCUT2D eigenvalue weighted by molar-refractivity contribution is -0.137. The van der Waals surface area contributed by atoms with Gasteiger partial charge in [-0.25, -0.2) is 0 Å². The Bertz CT molecular complexity index is 977. The van der Waals surface area contributed by atoms with Crippen LogP contribution in [0.15, 0.2) is 42.5 Å². The quantitative estimate of drug-likeness (QED) is 0.110. The highest BCUT2D eigenvalue weighted by atomic mass is 28.4. The maximum Gasteiger partial charge on any atom is 0.303 e. The Morgan fingerprint density at radius 1 is 0.952 bits per heavy atom. The number of aryl methyl sites for hydroxylation is 1. The van der Waals surface area contributed by atoms with E-state index in [-0.39, 0.29) is 46.6 Å². The highest BCUT2D eigenvalue weighted by Gasteiger charge is 2.47. The van der Waals surface area contributed by atoms with Gasteiger partial charge in [0.25, 0.3) is 0 Å². The zero-order chi connectivity index (χ0) is 31.8. The van der Waals surface area contributed by atoms with Gasteiger partial charge >= 0.3 is 5.97 Å². The minimum Gasteiger partial charge on any atom is -0.481 e. The molecule has 42 heavy (non-hydrogen) atoms. The van der Waals surface area contributed by atoms with Crippen LogP contribution in [0.5, 0.6) is 0 Å². The van der Waals surface area contributed by atoms with E-state index in [1.807, 2.05) is 0 Å². The lowest BCUT2D eigenvalue weighted by Gasteiger charge is -2.41. The van der Waals surface area contributed by atoms with E-state index in [2.05, 4.69) is 110 Å². The van der Waals surface area contributed by atoms with E-state index in [0.717, 1.165) is 38.5 Å². The summed E-state index contributed by atoms with van der Waals surface area (Å²) in [6.45, 7) is 23.0. The number of carboxylic acids is 1. The van der Waals surface area contributed by atoms with Gasteiger partial charge in [-0.05, 0) is 105 Å². The molecule has 0 radical (unpaired) electrons. The largest absolute Gasteiger partial charge is 0.481 e. The Morgan fingerprint density at radius 3 is 2.14 bits per heavy atom. The van der Waals surface area contributed by atoms with Gasteiger partial charge in [-0.2, -0.15) is 0 Å². The molecule has 5 atom stereocenters. The van der Waals surface area contributed by atoms with Crippen LogP contribution in [0.1, 0.15) is 98.5 Å². The molecule has 1 fully saturated rings. The number of aliphatic hydroxyl groups is 1. The Labute approximate surface area is 259 Å². The van der Waals surface area contributed by atoms with Crippen LogP contribution in [0.3, 0.4) is 0 Å². The minimum atomic E-state index is -2.01. The standard InChI is InChI=1S/C35H62O5Si2/c1-34(2,3)41(7,8)39-28(23-22-27-18-14-13-15-19-27)24-25-29-30(20-16-11-12-17-21-33(37)38)32(26-31(29)36)40-42(9,10)35(4,5)6/h11,13-16,18-19,28-32,36H,12,17,20-26H2,1-10H3,(H,37,38)/t28-,29+,30-,31+,32-/m0/s1. The number of hydrogen-bond donors (Lipinski definition) is 2. The third-order valence-corrected chi connectivity index (χ3v) is 19.3. The zero-order valence-corrected chi connectivity index (χ0v) is 30.4. The van der Waals surface area contributed by atoms with Crippen molar-refractivity contribution in [2.45, 2.75) is 154 Å². The molecule has 0 aliphatic heterocycles. The van der Waals surface area contributed by atoms with Crippen LogP contribution in [0.25, 0.3) is 0 Å². The first-order valence-electron chi connectivity index (χ1n) is 16.3. The molecular weight excluding hydrogens is 557 g/mol. The average molecular weight is 619 g/mol. The molecule has 1 aliphatic rings.